The van der Waals surface area contributed by atoms with E-state index in [1.54, 1.807) is 0 Å². The van der Waals surface area contributed by atoms with Crippen molar-refractivity contribution >= 4 is 17.4 Å². The first-order chi connectivity index (χ1) is 14.7. The van der Waals surface area contributed by atoms with Crippen LogP contribution in [0.15, 0.2) is 53.5 Å². The summed E-state index contributed by atoms with van der Waals surface area (Å²) in [4.78, 5) is 17.5. The molecule has 5 heteroatoms. The highest BCUT2D eigenvalue weighted by Crippen LogP contribution is 2.35. The summed E-state index contributed by atoms with van der Waals surface area (Å²) in [6.07, 6.45) is 7.83. The average Bonchev–Trinajstić information content (AvgIpc) is 3.17. The van der Waals surface area contributed by atoms with E-state index < -0.39 is 0 Å². The van der Waals surface area contributed by atoms with E-state index in [1.165, 1.54) is 30.4 Å². The van der Waals surface area contributed by atoms with Crippen molar-refractivity contribution in [1.82, 2.24) is 19.8 Å². The van der Waals surface area contributed by atoms with Gasteiger partial charge in [-0.25, -0.2) is 4.98 Å². The second-order valence-corrected chi connectivity index (χ2v) is 8.47. The summed E-state index contributed by atoms with van der Waals surface area (Å²) in [7, 11) is 4.03. The Balaban J connectivity index is 1.49. The van der Waals surface area contributed by atoms with Crippen molar-refractivity contribution in [2.24, 2.45) is 4.99 Å². The first kappa shape index (κ1) is 20.6. The molecule has 0 saturated carbocycles. The van der Waals surface area contributed by atoms with Crippen molar-refractivity contribution in [3.63, 3.8) is 0 Å². The number of H-pyrrole nitrogens is 1. The fraction of sp³-hybridized carbons (Fsp3) is 0.440. The second kappa shape index (κ2) is 9.90. The number of rotatable bonds is 9. The summed E-state index contributed by atoms with van der Waals surface area (Å²) in [6.45, 7) is 2.81. The van der Waals surface area contributed by atoms with Crippen LogP contribution in [-0.2, 0) is 13.0 Å². The summed E-state index contributed by atoms with van der Waals surface area (Å²) in [5, 5.41) is 0. The maximum Gasteiger partial charge on any atom is 0.121 e. The molecule has 1 heterocycles. The van der Waals surface area contributed by atoms with Crippen molar-refractivity contribution < 1.29 is 0 Å². The van der Waals surface area contributed by atoms with Gasteiger partial charge in [0.25, 0.3) is 0 Å². The average molecular weight is 404 g/mol. The molecular formula is C25H33N5. The molecule has 30 heavy (non-hydrogen) atoms. The first-order valence-corrected chi connectivity index (χ1v) is 11.1. The molecule has 1 aromatic heterocycles. The smallest absolute Gasteiger partial charge is 0.121 e. The molecule has 0 bridgehead atoms. The number of fused-ring (bicyclic) bond motifs is 2. The molecule has 1 atom stereocenters. The number of benzene rings is 2. The highest BCUT2D eigenvalue weighted by atomic mass is 15.2. The van der Waals surface area contributed by atoms with Gasteiger partial charge in [-0.2, -0.15) is 0 Å². The van der Waals surface area contributed by atoms with E-state index >= 15 is 0 Å². The van der Waals surface area contributed by atoms with Gasteiger partial charge in [0, 0.05) is 26.7 Å². The van der Waals surface area contributed by atoms with Crippen LogP contribution in [0, 0.1) is 0 Å². The lowest BCUT2D eigenvalue weighted by molar-refractivity contribution is 0.163. The summed E-state index contributed by atoms with van der Waals surface area (Å²) in [6, 6.07) is 17.8. The van der Waals surface area contributed by atoms with Crippen LogP contribution in [0.4, 0.5) is 0 Å². The molecule has 5 nitrogen and oxygen atoms in total. The molecule has 0 amide bonds. The van der Waals surface area contributed by atoms with E-state index in [9.17, 15) is 0 Å². The number of aromatic nitrogens is 2. The van der Waals surface area contributed by atoms with Gasteiger partial charge >= 0.3 is 0 Å². The molecule has 1 aliphatic rings. The normalized spacial score (nSPS) is 16.4. The van der Waals surface area contributed by atoms with E-state index in [4.69, 9.17) is 4.98 Å². The lowest BCUT2D eigenvalue weighted by Crippen LogP contribution is -2.32. The van der Waals surface area contributed by atoms with Gasteiger partial charge in [-0.05, 0) is 61.9 Å². The topological polar surface area (TPSA) is 47.5 Å². The lowest BCUT2D eigenvalue weighted by Gasteiger charge is -2.35. The van der Waals surface area contributed by atoms with Crippen LogP contribution in [0.5, 0.6) is 0 Å². The maximum absolute atomic E-state index is 4.85. The van der Waals surface area contributed by atoms with Crippen molar-refractivity contribution in [3.8, 4) is 0 Å². The van der Waals surface area contributed by atoms with Crippen LogP contribution in [0.2, 0.25) is 0 Å². The van der Waals surface area contributed by atoms with E-state index in [-0.39, 0.29) is 0 Å². The second-order valence-electron chi connectivity index (χ2n) is 8.47. The zero-order valence-corrected chi connectivity index (χ0v) is 18.2. The number of aliphatic imine (C=N–C) groups is 1. The third-order valence-electron chi connectivity index (χ3n) is 5.86. The monoisotopic (exact) mass is 403 g/mol. The molecule has 1 aliphatic carbocycles. The van der Waals surface area contributed by atoms with Crippen LogP contribution < -0.4 is 0 Å². The standard InChI is InChI=1S/C25H33N5/c1-29(2)19-26-16-7-8-17-30(18-25-27-22-13-5-6-14-23(22)28-25)24-15-9-11-20-10-3-4-12-21(20)24/h3-6,10,12-14,19,24H,7-9,11,15-18H2,1-2H3,(H,27,28)/b26-19+. The molecule has 158 valence electrons. The van der Waals surface area contributed by atoms with Gasteiger partial charge in [0.2, 0.25) is 0 Å². The van der Waals surface area contributed by atoms with Crippen molar-refractivity contribution in [1.29, 1.82) is 0 Å². The number of imidazole rings is 1. The molecule has 3 aromatic rings. The Hall–Kier alpha value is -2.66. The maximum atomic E-state index is 4.85. The van der Waals surface area contributed by atoms with Crippen LogP contribution in [0.25, 0.3) is 11.0 Å². The van der Waals surface area contributed by atoms with Gasteiger partial charge in [-0.3, -0.25) is 9.89 Å². The number of hydrogen-bond donors (Lipinski definition) is 1. The summed E-state index contributed by atoms with van der Waals surface area (Å²) in [5.41, 5.74) is 5.19. The first-order valence-electron chi connectivity index (χ1n) is 11.1. The van der Waals surface area contributed by atoms with Gasteiger partial charge in [-0.1, -0.05) is 36.4 Å². The molecule has 0 saturated heterocycles. The Morgan fingerprint density at radius 1 is 1.10 bits per heavy atom. The summed E-state index contributed by atoms with van der Waals surface area (Å²) < 4.78 is 0. The largest absolute Gasteiger partial charge is 0.369 e. The molecular weight excluding hydrogens is 370 g/mol. The summed E-state index contributed by atoms with van der Waals surface area (Å²) >= 11 is 0. The van der Waals surface area contributed by atoms with Crippen LogP contribution >= 0.6 is 0 Å². The molecule has 0 fully saturated rings. The zero-order chi connectivity index (χ0) is 20.8. The number of hydrogen-bond acceptors (Lipinski definition) is 3. The number of para-hydroxylation sites is 2. The molecule has 4 rings (SSSR count). The quantitative estimate of drug-likeness (QED) is 0.317. The highest BCUT2D eigenvalue weighted by molar-refractivity contribution is 5.74. The fourth-order valence-electron chi connectivity index (χ4n) is 4.46. The van der Waals surface area contributed by atoms with Gasteiger partial charge < -0.3 is 9.88 Å². The lowest BCUT2D eigenvalue weighted by atomic mass is 9.86. The Labute approximate surface area is 179 Å². The van der Waals surface area contributed by atoms with Gasteiger partial charge in [0.1, 0.15) is 5.82 Å². The van der Waals surface area contributed by atoms with E-state index in [0.717, 1.165) is 49.3 Å². The van der Waals surface area contributed by atoms with Crippen molar-refractivity contribution in [3.05, 3.63) is 65.5 Å². The molecule has 0 aliphatic heterocycles. The number of unbranched alkanes of at least 4 members (excludes halogenated alkanes) is 1. The van der Waals surface area contributed by atoms with Crippen LogP contribution in [-0.4, -0.2) is 53.3 Å². The Morgan fingerprint density at radius 3 is 2.80 bits per heavy atom. The Kier molecular flexibility index (Phi) is 6.80. The predicted molar refractivity (Wildman–Crippen MR) is 125 cm³/mol. The zero-order valence-electron chi connectivity index (χ0n) is 18.2. The Morgan fingerprint density at radius 2 is 1.93 bits per heavy atom. The van der Waals surface area contributed by atoms with Gasteiger partial charge in [0.05, 0.1) is 23.9 Å². The minimum absolute atomic E-state index is 0.466. The predicted octanol–water partition coefficient (Wildman–Crippen LogP) is 4.81. The molecule has 0 radical (unpaired) electrons. The molecule has 1 N–H and O–H groups in total. The highest BCUT2D eigenvalue weighted by Gasteiger charge is 2.26. The van der Waals surface area contributed by atoms with Gasteiger partial charge in [-0.15, -0.1) is 0 Å². The van der Waals surface area contributed by atoms with Crippen LogP contribution in [0.3, 0.4) is 0 Å². The third-order valence-corrected chi connectivity index (χ3v) is 5.86. The molecule has 1 unspecified atom stereocenters. The van der Waals surface area contributed by atoms with E-state index in [2.05, 4.69) is 63.4 Å². The van der Waals surface area contributed by atoms with E-state index in [0.29, 0.717) is 6.04 Å². The van der Waals surface area contributed by atoms with Crippen molar-refractivity contribution in [2.45, 2.75) is 44.7 Å². The molecule has 2 aromatic carbocycles. The van der Waals surface area contributed by atoms with Gasteiger partial charge in [0.15, 0.2) is 0 Å². The minimum Gasteiger partial charge on any atom is -0.369 e. The number of aryl methyl sites for hydroxylation is 1. The summed E-state index contributed by atoms with van der Waals surface area (Å²) in [5.74, 6) is 1.06. The van der Waals surface area contributed by atoms with E-state index in [1.807, 2.05) is 25.3 Å². The van der Waals surface area contributed by atoms with Crippen LogP contribution in [0.1, 0.15) is 48.7 Å². The SMILES string of the molecule is CN(C)/C=N/CCCCN(Cc1nc2ccccc2[nH]1)C1CCCc2ccccc21. The fourth-order valence-corrected chi connectivity index (χ4v) is 4.46. The number of nitrogens with zero attached hydrogens (tertiary/aromatic N) is 4. The number of nitrogens with one attached hydrogen (secondary N) is 1. The third kappa shape index (κ3) is 5.08. The number of aromatic amines is 1. The molecule has 0 spiro atoms. The minimum atomic E-state index is 0.466. The Bertz CT molecular complexity index is 941. The van der Waals surface area contributed by atoms with Crippen molar-refractivity contribution in [2.75, 3.05) is 27.2 Å².